The number of hydrogen-bond acceptors (Lipinski definition) is 6. The number of hydrogen-bond donors (Lipinski definition) is 1. The van der Waals surface area contributed by atoms with Crippen molar-refractivity contribution in [1.29, 1.82) is 0 Å². The zero-order valence-corrected chi connectivity index (χ0v) is 17.0. The largest absolute Gasteiger partial charge is 0.488 e. The maximum absolute atomic E-state index is 12.4. The van der Waals surface area contributed by atoms with Crippen molar-refractivity contribution < 1.29 is 23.9 Å². The van der Waals surface area contributed by atoms with E-state index in [9.17, 15) is 14.4 Å². The summed E-state index contributed by atoms with van der Waals surface area (Å²) in [5.41, 5.74) is 0.999. The number of amides is 3. The summed E-state index contributed by atoms with van der Waals surface area (Å²) in [6.45, 7) is 3.76. The van der Waals surface area contributed by atoms with Crippen LogP contribution in [-0.2, 0) is 16.1 Å². The molecule has 0 spiro atoms. The Morgan fingerprint density at radius 1 is 1.17 bits per heavy atom. The Labute approximate surface area is 174 Å². The molecule has 1 saturated heterocycles. The predicted octanol–water partition coefficient (Wildman–Crippen LogP) is 3.11. The normalized spacial score (nSPS) is 18.6. The summed E-state index contributed by atoms with van der Waals surface area (Å²) < 4.78 is 10.6. The molecule has 1 atom stereocenters. The molecule has 8 nitrogen and oxygen atoms in total. The van der Waals surface area contributed by atoms with Gasteiger partial charge in [0.2, 0.25) is 0 Å². The topological polar surface area (TPSA) is 97.3 Å². The minimum absolute atomic E-state index is 0.267. The van der Waals surface area contributed by atoms with E-state index < -0.39 is 23.4 Å². The lowest BCUT2D eigenvalue weighted by molar-refractivity contribution is -0.130. The first-order valence-electron chi connectivity index (χ1n) is 9.47. The minimum atomic E-state index is -0.944. The Morgan fingerprint density at radius 2 is 1.87 bits per heavy atom. The van der Waals surface area contributed by atoms with Crippen molar-refractivity contribution in [1.82, 2.24) is 10.3 Å². The fourth-order valence-corrected chi connectivity index (χ4v) is 2.87. The van der Waals surface area contributed by atoms with E-state index in [4.69, 9.17) is 4.74 Å². The first-order chi connectivity index (χ1) is 14.4. The van der Waals surface area contributed by atoms with Crippen LogP contribution >= 0.6 is 0 Å². The van der Waals surface area contributed by atoms with Gasteiger partial charge in [-0.3, -0.25) is 4.79 Å². The molecular weight excluding hydrogens is 386 g/mol. The second-order valence-corrected chi connectivity index (χ2v) is 6.99. The SMILES string of the molecule is CCC1(C)NC(=O)N(N=Cc2ccccc2OCc2ccc(C(=O)OC)cc2)C1=O. The monoisotopic (exact) mass is 409 g/mol. The Kier molecular flexibility index (Phi) is 6.15. The number of para-hydroxylation sites is 1. The molecule has 1 unspecified atom stereocenters. The Bertz CT molecular complexity index is 987. The van der Waals surface area contributed by atoms with E-state index in [0.717, 1.165) is 10.6 Å². The van der Waals surface area contributed by atoms with Crippen LogP contribution in [0.15, 0.2) is 53.6 Å². The summed E-state index contributed by atoms with van der Waals surface area (Å²) in [5.74, 6) is -0.248. The second kappa shape index (κ2) is 8.77. The van der Waals surface area contributed by atoms with Gasteiger partial charge in [0.1, 0.15) is 17.9 Å². The number of ether oxygens (including phenoxy) is 2. The van der Waals surface area contributed by atoms with Crippen molar-refractivity contribution in [3.05, 3.63) is 65.2 Å². The Morgan fingerprint density at radius 3 is 2.50 bits per heavy atom. The quantitative estimate of drug-likeness (QED) is 0.431. The third kappa shape index (κ3) is 4.32. The van der Waals surface area contributed by atoms with E-state index in [1.165, 1.54) is 13.3 Å². The highest BCUT2D eigenvalue weighted by atomic mass is 16.5. The summed E-state index contributed by atoms with van der Waals surface area (Å²) in [6.07, 6.45) is 1.90. The fourth-order valence-electron chi connectivity index (χ4n) is 2.87. The van der Waals surface area contributed by atoms with Gasteiger partial charge in [0.25, 0.3) is 5.91 Å². The molecule has 0 saturated carbocycles. The van der Waals surface area contributed by atoms with Crippen LogP contribution in [-0.4, -0.2) is 41.8 Å². The number of carbonyl (C=O) groups is 3. The van der Waals surface area contributed by atoms with Crippen LogP contribution < -0.4 is 10.1 Å². The number of hydrazone groups is 1. The standard InChI is InChI=1S/C22H23N3O5/c1-4-22(2)20(27)25(21(28)24-22)23-13-17-7-5-6-8-18(17)30-14-15-9-11-16(12-10-15)19(26)29-3/h5-13H,4,14H2,1-3H3,(H,24,28). The summed E-state index contributed by atoms with van der Waals surface area (Å²) in [6, 6.07) is 13.5. The number of carbonyl (C=O) groups excluding carboxylic acids is 3. The molecule has 1 heterocycles. The van der Waals surface area contributed by atoms with Crippen molar-refractivity contribution >= 4 is 24.1 Å². The first kappa shape index (κ1) is 21.0. The maximum Gasteiger partial charge on any atom is 0.346 e. The van der Waals surface area contributed by atoms with E-state index in [0.29, 0.717) is 23.3 Å². The molecule has 8 heteroatoms. The van der Waals surface area contributed by atoms with Crippen LogP contribution in [0.5, 0.6) is 5.75 Å². The summed E-state index contributed by atoms with van der Waals surface area (Å²) in [5, 5.41) is 7.56. The molecule has 2 aromatic carbocycles. The predicted molar refractivity (Wildman–Crippen MR) is 110 cm³/mol. The lowest BCUT2D eigenvalue weighted by Crippen LogP contribution is -2.42. The van der Waals surface area contributed by atoms with Crippen molar-refractivity contribution in [3.63, 3.8) is 0 Å². The number of nitrogens with zero attached hydrogens (tertiary/aromatic N) is 2. The van der Waals surface area contributed by atoms with Crippen LogP contribution in [0.4, 0.5) is 4.79 Å². The van der Waals surface area contributed by atoms with Crippen molar-refractivity contribution in [2.45, 2.75) is 32.4 Å². The Hall–Kier alpha value is -3.68. The van der Waals surface area contributed by atoms with Crippen LogP contribution in [0.2, 0.25) is 0 Å². The van der Waals surface area contributed by atoms with Gasteiger partial charge in [-0.1, -0.05) is 31.2 Å². The van der Waals surface area contributed by atoms with E-state index >= 15 is 0 Å². The highest BCUT2D eigenvalue weighted by Gasteiger charge is 2.46. The number of benzene rings is 2. The van der Waals surface area contributed by atoms with Crippen molar-refractivity contribution in [3.8, 4) is 5.75 Å². The van der Waals surface area contributed by atoms with E-state index in [2.05, 4.69) is 15.2 Å². The number of urea groups is 1. The van der Waals surface area contributed by atoms with Gasteiger partial charge in [-0.2, -0.15) is 5.10 Å². The summed E-state index contributed by atoms with van der Waals surface area (Å²) >= 11 is 0. The highest BCUT2D eigenvalue weighted by Crippen LogP contribution is 2.22. The second-order valence-electron chi connectivity index (χ2n) is 6.99. The van der Waals surface area contributed by atoms with Gasteiger partial charge in [-0.05, 0) is 43.2 Å². The lowest BCUT2D eigenvalue weighted by Gasteiger charge is -2.17. The zero-order chi connectivity index (χ0) is 21.7. The number of imide groups is 1. The smallest absolute Gasteiger partial charge is 0.346 e. The average molecular weight is 409 g/mol. The molecule has 3 rings (SSSR count). The van der Waals surface area contributed by atoms with Gasteiger partial charge in [0.05, 0.1) is 18.9 Å². The van der Waals surface area contributed by atoms with Crippen LogP contribution in [0.3, 0.4) is 0 Å². The molecule has 156 valence electrons. The van der Waals surface area contributed by atoms with E-state index in [1.807, 2.05) is 13.0 Å². The molecule has 0 bridgehead atoms. The van der Waals surface area contributed by atoms with Gasteiger partial charge >= 0.3 is 12.0 Å². The molecule has 2 aromatic rings. The number of rotatable bonds is 7. The van der Waals surface area contributed by atoms with E-state index in [-0.39, 0.29) is 6.61 Å². The van der Waals surface area contributed by atoms with Crippen molar-refractivity contribution in [2.75, 3.05) is 7.11 Å². The molecule has 1 aliphatic rings. The third-order valence-corrected chi connectivity index (χ3v) is 4.95. The molecule has 1 N–H and O–H groups in total. The Balaban J connectivity index is 1.71. The molecule has 0 radical (unpaired) electrons. The molecule has 0 aromatic heterocycles. The molecule has 1 aliphatic heterocycles. The molecule has 30 heavy (non-hydrogen) atoms. The van der Waals surface area contributed by atoms with Gasteiger partial charge in [-0.25, -0.2) is 9.59 Å². The molecule has 3 amide bonds. The van der Waals surface area contributed by atoms with Gasteiger partial charge in [-0.15, -0.1) is 5.01 Å². The maximum atomic E-state index is 12.4. The third-order valence-electron chi connectivity index (χ3n) is 4.95. The van der Waals surface area contributed by atoms with Gasteiger partial charge in [0, 0.05) is 5.56 Å². The average Bonchev–Trinajstić information content (AvgIpc) is 2.99. The lowest BCUT2D eigenvalue weighted by atomic mass is 10.00. The first-order valence-corrected chi connectivity index (χ1v) is 9.47. The van der Waals surface area contributed by atoms with Crippen molar-refractivity contribution in [2.24, 2.45) is 5.10 Å². The van der Waals surface area contributed by atoms with Crippen LogP contribution in [0, 0.1) is 0 Å². The number of esters is 1. The summed E-state index contributed by atoms with van der Waals surface area (Å²) in [7, 11) is 1.33. The van der Waals surface area contributed by atoms with Gasteiger partial charge < -0.3 is 14.8 Å². The summed E-state index contributed by atoms with van der Waals surface area (Å²) in [4.78, 5) is 36.0. The molecular formula is C22H23N3O5. The minimum Gasteiger partial charge on any atom is -0.488 e. The number of nitrogens with one attached hydrogen (secondary N) is 1. The highest BCUT2D eigenvalue weighted by molar-refractivity contribution is 6.07. The number of methoxy groups -OCH3 is 1. The van der Waals surface area contributed by atoms with Crippen LogP contribution in [0.1, 0.15) is 41.8 Å². The van der Waals surface area contributed by atoms with Crippen LogP contribution in [0.25, 0.3) is 0 Å². The van der Waals surface area contributed by atoms with Gasteiger partial charge in [0.15, 0.2) is 0 Å². The fraction of sp³-hybridized carbons (Fsp3) is 0.273. The zero-order valence-electron chi connectivity index (χ0n) is 17.0. The molecule has 0 aliphatic carbocycles. The molecule has 1 fully saturated rings. The van der Waals surface area contributed by atoms with E-state index in [1.54, 1.807) is 49.4 Å².